The number of H-pyrrole nitrogens is 1. The number of aromatic nitrogens is 4. The van der Waals surface area contributed by atoms with Crippen LogP contribution in [0.5, 0.6) is 5.75 Å². The molecule has 1 aliphatic heterocycles. The van der Waals surface area contributed by atoms with E-state index in [1.165, 1.54) is 4.52 Å². The van der Waals surface area contributed by atoms with Gasteiger partial charge in [0.05, 0.1) is 26.0 Å². The zero-order valence-corrected chi connectivity index (χ0v) is 15.1. The number of hydrogen-bond acceptors (Lipinski definition) is 7. The second-order valence-electron chi connectivity index (χ2n) is 6.38. The van der Waals surface area contributed by atoms with Crippen molar-refractivity contribution in [3.63, 3.8) is 0 Å². The fourth-order valence-electron chi connectivity index (χ4n) is 3.00. The molecule has 0 saturated carbocycles. The van der Waals surface area contributed by atoms with Gasteiger partial charge in [0.25, 0.3) is 11.3 Å². The van der Waals surface area contributed by atoms with Crippen molar-refractivity contribution >= 4 is 11.7 Å². The van der Waals surface area contributed by atoms with Crippen LogP contribution in [-0.4, -0.2) is 57.9 Å². The minimum atomic E-state index is -0.173. The molecule has 0 aliphatic carbocycles. The van der Waals surface area contributed by atoms with Gasteiger partial charge in [-0.25, -0.2) is 4.98 Å². The van der Waals surface area contributed by atoms with E-state index in [0.29, 0.717) is 38.0 Å². The standard InChI is InChI=1S/C18H22N6O3/c1-26-15-4-2-13(3-5-15)11-19-17-21-18-20-14(10-16(25)24(18)22-17)12-23-6-8-27-9-7-23/h2-5,10H,6-9,11-12H2,1H3,(H2,19,20,21,22). The second kappa shape index (κ2) is 7.77. The summed E-state index contributed by atoms with van der Waals surface area (Å²) in [4.78, 5) is 23.5. The Hall–Kier alpha value is -2.91. The lowest BCUT2D eigenvalue weighted by molar-refractivity contribution is 0.0336. The summed E-state index contributed by atoms with van der Waals surface area (Å²) in [5, 5.41) is 6.13. The van der Waals surface area contributed by atoms with Gasteiger partial charge in [0.1, 0.15) is 5.75 Å². The lowest BCUT2D eigenvalue weighted by Gasteiger charge is -2.25. The Labute approximate surface area is 155 Å². The van der Waals surface area contributed by atoms with Crippen molar-refractivity contribution in [3.05, 3.63) is 51.9 Å². The topological polar surface area (TPSA) is 96.8 Å². The van der Waals surface area contributed by atoms with Crippen LogP contribution in [0.2, 0.25) is 0 Å². The van der Waals surface area contributed by atoms with Crippen molar-refractivity contribution in [1.29, 1.82) is 0 Å². The molecule has 0 unspecified atom stereocenters. The normalized spacial score (nSPS) is 15.1. The molecule has 2 aromatic heterocycles. The monoisotopic (exact) mass is 370 g/mol. The number of ether oxygens (including phenoxy) is 2. The highest BCUT2D eigenvalue weighted by Gasteiger charge is 2.14. The van der Waals surface area contributed by atoms with E-state index in [0.717, 1.165) is 30.1 Å². The van der Waals surface area contributed by atoms with Crippen molar-refractivity contribution in [3.8, 4) is 5.75 Å². The Morgan fingerprint density at radius 1 is 1.22 bits per heavy atom. The molecular formula is C18H22N6O3. The van der Waals surface area contributed by atoms with Crippen LogP contribution in [0.4, 0.5) is 5.95 Å². The van der Waals surface area contributed by atoms with Gasteiger partial charge in [-0.05, 0) is 17.7 Å². The number of nitrogens with zero attached hydrogens (tertiary/aromatic N) is 4. The van der Waals surface area contributed by atoms with Crippen molar-refractivity contribution in [2.75, 3.05) is 38.7 Å². The molecule has 3 aromatic rings. The minimum Gasteiger partial charge on any atom is -0.497 e. The predicted octanol–water partition coefficient (Wildman–Crippen LogP) is 0.870. The SMILES string of the molecule is COc1ccc(CNc2nc3nc(CN4CCOCC4)cc(=O)n3[nH]2)cc1. The number of fused-ring (bicyclic) bond motifs is 1. The summed E-state index contributed by atoms with van der Waals surface area (Å²) >= 11 is 0. The molecule has 142 valence electrons. The highest BCUT2D eigenvalue weighted by Crippen LogP contribution is 2.12. The molecule has 3 heterocycles. The van der Waals surface area contributed by atoms with Crippen LogP contribution in [0.3, 0.4) is 0 Å². The van der Waals surface area contributed by atoms with E-state index in [1.54, 1.807) is 13.2 Å². The molecule has 2 N–H and O–H groups in total. The van der Waals surface area contributed by atoms with Crippen LogP contribution >= 0.6 is 0 Å². The molecule has 0 radical (unpaired) electrons. The van der Waals surface area contributed by atoms with Crippen molar-refractivity contribution in [2.24, 2.45) is 0 Å². The van der Waals surface area contributed by atoms with Gasteiger partial charge in [0.2, 0.25) is 5.95 Å². The first-order valence-corrected chi connectivity index (χ1v) is 8.87. The molecule has 1 aromatic carbocycles. The van der Waals surface area contributed by atoms with Crippen LogP contribution < -0.4 is 15.6 Å². The molecule has 9 nitrogen and oxygen atoms in total. The lowest BCUT2D eigenvalue weighted by Crippen LogP contribution is -2.36. The highest BCUT2D eigenvalue weighted by molar-refractivity contribution is 5.38. The van der Waals surface area contributed by atoms with Gasteiger partial charge in [0, 0.05) is 32.2 Å². The number of rotatable bonds is 6. The van der Waals surface area contributed by atoms with E-state index in [9.17, 15) is 4.79 Å². The number of nitrogens with one attached hydrogen (secondary N) is 2. The van der Waals surface area contributed by atoms with Gasteiger partial charge in [0.15, 0.2) is 0 Å². The maximum absolute atomic E-state index is 12.4. The summed E-state index contributed by atoms with van der Waals surface area (Å²) in [5.41, 5.74) is 1.62. The quantitative estimate of drug-likeness (QED) is 0.664. The van der Waals surface area contributed by atoms with Crippen LogP contribution in [0, 0.1) is 0 Å². The number of anilines is 1. The number of morpholine rings is 1. The maximum atomic E-state index is 12.4. The minimum absolute atomic E-state index is 0.173. The smallest absolute Gasteiger partial charge is 0.274 e. The zero-order chi connectivity index (χ0) is 18.6. The molecule has 0 amide bonds. The number of methoxy groups -OCH3 is 1. The second-order valence-corrected chi connectivity index (χ2v) is 6.38. The van der Waals surface area contributed by atoms with Crippen molar-refractivity contribution in [2.45, 2.75) is 13.1 Å². The molecule has 0 spiro atoms. The summed E-state index contributed by atoms with van der Waals surface area (Å²) < 4.78 is 11.9. The van der Waals surface area contributed by atoms with Crippen molar-refractivity contribution < 1.29 is 9.47 Å². The van der Waals surface area contributed by atoms with Gasteiger partial charge >= 0.3 is 0 Å². The summed E-state index contributed by atoms with van der Waals surface area (Å²) in [5.74, 6) is 1.67. The molecule has 1 aliphatic rings. The molecule has 4 rings (SSSR count). The van der Waals surface area contributed by atoms with Crippen LogP contribution in [-0.2, 0) is 17.8 Å². The Kier molecular flexibility index (Phi) is 5.03. The van der Waals surface area contributed by atoms with Gasteiger partial charge in [-0.2, -0.15) is 9.50 Å². The third-order valence-corrected chi connectivity index (χ3v) is 4.49. The fourth-order valence-corrected chi connectivity index (χ4v) is 3.00. The van der Waals surface area contributed by atoms with Crippen molar-refractivity contribution in [1.82, 2.24) is 24.5 Å². The van der Waals surface area contributed by atoms with Crippen LogP contribution in [0.1, 0.15) is 11.3 Å². The Bertz CT molecular complexity index is 959. The Morgan fingerprint density at radius 3 is 2.74 bits per heavy atom. The van der Waals surface area contributed by atoms with Crippen LogP contribution in [0.15, 0.2) is 35.1 Å². The van der Waals surface area contributed by atoms with Gasteiger partial charge in [-0.15, -0.1) is 0 Å². The number of hydrogen-bond donors (Lipinski definition) is 2. The zero-order valence-electron chi connectivity index (χ0n) is 15.1. The van der Waals surface area contributed by atoms with E-state index in [2.05, 4.69) is 25.3 Å². The summed E-state index contributed by atoms with van der Waals surface area (Å²) in [6.07, 6.45) is 0. The van der Waals surface area contributed by atoms with E-state index >= 15 is 0 Å². The average Bonchev–Trinajstić information content (AvgIpc) is 3.11. The first-order valence-electron chi connectivity index (χ1n) is 8.87. The predicted molar refractivity (Wildman–Crippen MR) is 100 cm³/mol. The highest BCUT2D eigenvalue weighted by atomic mass is 16.5. The summed E-state index contributed by atoms with van der Waals surface area (Å²) in [6.45, 7) is 4.30. The third-order valence-electron chi connectivity index (χ3n) is 4.49. The van der Waals surface area contributed by atoms with E-state index in [4.69, 9.17) is 9.47 Å². The van der Waals surface area contributed by atoms with Gasteiger partial charge in [-0.3, -0.25) is 14.8 Å². The molecule has 1 saturated heterocycles. The average molecular weight is 370 g/mol. The number of aromatic amines is 1. The first kappa shape index (κ1) is 17.5. The van der Waals surface area contributed by atoms with E-state index in [-0.39, 0.29) is 5.56 Å². The van der Waals surface area contributed by atoms with Gasteiger partial charge in [-0.1, -0.05) is 12.1 Å². The lowest BCUT2D eigenvalue weighted by atomic mass is 10.2. The van der Waals surface area contributed by atoms with E-state index < -0.39 is 0 Å². The first-order chi connectivity index (χ1) is 13.2. The summed E-state index contributed by atoms with van der Waals surface area (Å²) in [6, 6.07) is 9.30. The molecular weight excluding hydrogens is 348 g/mol. The van der Waals surface area contributed by atoms with Crippen LogP contribution in [0.25, 0.3) is 5.78 Å². The molecule has 27 heavy (non-hydrogen) atoms. The molecule has 0 atom stereocenters. The summed E-state index contributed by atoms with van der Waals surface area (Å²) in [7, 11) is 1.64. The maximum Gasteiger partial charge on any atom is 0.274 e. The van der Waals surface area contributed by atoms with E-state index in [1.807, 2.05) is 24.3 Å². The number of benzene rings is 1. The fraction of sp³-hybridized carbons (Fsp3) is 0.389. The Morgan fingerprint density at radius 2 is 2.00 bits per heavy atom. The molecule has 0 bridgehead atoms. The largest absolute Gasteiger partial charge is 0.497 e. The van der Waals surface area contributed by atoms with Gasteiger partial charge < -0.3 is 14.8 Å². The third kappa shape index (κ3) is 4.09. The molecule has 9 heteroatoms. The molecule has 1 fully saturated rings. The Balaban J connectivity index is 1.47.